The number of pyridine rings is 1. The van der Waals surface area contributed by atoms with Gasteiger partial charge in [-0.05, 0) is 24.6 Å². The maximum Gasteiger partial charge on any atom is 0.219 e. The van der Waals surface area contributed by atoms with Crippen molar-refractivity contribution in [3.63, 3.8) is 0 Å². The first-order valence-corrected chi connectivity index (χ1v) is 8.10. The minimum Gasteiger partial charge on any atom is -0.490 e. The van der Waals surface area contributed by atoms with Gasteiger partial charge in [-0.3, -0.25) is 4.99 Å². The molecule has 1 aromatic heterocycles. The Bertz CT molecular complexity index is 700. The number of aliphatic imine (C=N–C) groups is 1. The number of hydrogen-bond donors (Lipinski definition) is 1. The van der Waals surface area contributed by atoms with E-state index in [-0.39, 0.29) is 0 Å². The highest BCUT2D eigenvalue weighted by Crippen LogP contribution is 2.30. The summed E-state index contributed by atoms with van der Waals surface area (Å²) in [5, 5.41) is 3.32. The van der Waals surface area contributed by atoms with Crippen LogP contribution in [0.2, 0.25) is 0 Å². The Morgan fingerprint density at radius 1 is 1.17 bits per heavy atom. The van der Waals surface area contributed by atoms with Gasteiger partial charge in [0.15, 0.2) is 17.5 Å². The number of para-hydroxylation sites is 2. The van der Waals surface area contributed by atoms with Crippen LogP contribution in [0.1, 0.15) is 12.5 Å². The summed E-state index contributed by atoms with van der Waals surface area (Å²) < 4.78 is 11.4. The van der Waals surface area contributed by atoms with Crippen molar-refractivity contribution in [1.82, 2.24) is 15.2 Å². The van der Waals surface area contributed by atoms with Gasteiger partial charge in [0.1, 0.15) is 0 Å². The fraction of sp³-hybridized carbons (Fsp3) is 0.333. The van der Waals surface area contributed by atoms with Gasteiger partial charge in [-0.15, -0.1) is 0 Å². The summed E-state index contributed by atoms with van der Waals surface area (Å²) in [7, 11) is 2.03. The van der Waals surface area contributed by atoms with E-state index >= 15 is 0 Å². The lowest BCUT2D eigenvalue weighted by Gasteiger charge is -2.15. The van der Waals surface area contributed by atoms with Gasteiger partial charge in [-0.1, -0.05) is 18.2 Å². The number of aromatic nitrogens is 1. The molecule has 1 aliphatic heterocycles. The van der Waals surface area contributed by atoms with Crippen molar-refractivity contribution in [3.8, 4) is 17.4 Å². The molecule has 6 heteroatoms. The second-order valence-corrected chi connectivity index (χ2v) is 5.47. The first kappa shape index (κ1) is 16.1. The number of benzene rings is 1. The van der Waals surface area contributed by atoms with Crippen LogP contribution in [0.4, 0.5) is 0 Å². The molecular weight excluding hydrogens is 304 g/mol. The first-order valence-electron chi connectivity index (χ1n) is 8.10. The van der Waals surface area contributed by atoms with E-state index < -0.39 is 0 Å². The third-order valence-corrected chi connectivity index (χ3v) is 3.67. The van der Waals surface area contributed by atoms with Gasteiger partial charge in [0.25, 0.3) is 0 Å². The molecule has 0 amide bonds. The van der Waals surface area contributed by atoms with Crippen molar-refractivity contribution in [2.75, 3.05) is 26.7 Å². The lowest BCUT2D eigenvalue weighted by atomic mass is 10.3. The summed E-state index contributed by atoms with van der Waals surface area (Å²) in [6.07, 6.45) is 1.81. The molecule has 0 radical (unpaired) electrons. The fourth-order valence-electron chi connectivity index (χ4n) is 2.40. The summed E-state index contributed by atoms with van der Waals surface area (Å²) in [6.45, 7) is 5.04. The summed E-state index contributed by atoms with van der Waals surface area (Å²) in [4.78, 5) is 10.9. The second kappa shape index (κ2) is 7.68. The summed E-state index contributed by atoms with van der Waals surface area (Å²) in [5.74, 6) is 2.86. The molecule has 1 aromatic carbocycles. The lowest BCUT2D eigenvalue weighted by molar-refractivity contribution is 0.319. The number of rotatable bonds is 6. The third-order valence-electron chi connectivity index (χ3n) is 3.67. The van der Waals surface area contributed by atoms with Crippen molar-refractivity contribution in [2.45, 2.75) is 13.5 Å². The number of guanidine groups is 1. The predicted octanol–water partition coefficient (Wildman–Crippen LogP) is 2.66. The summed E-state index contributed by atoms with van der Waals surface area (Å²) in [6, 6.07) is 11.4. The fourth-order valence-corrected chi connectivity index (χ4v) is 2.40. The number of hydrogen-bond acceptors (Lipinski definition) is 6. The van der Waals surface area contributed by atoms with Gasteiger partial charge < -0.3 is 19.7 Å². The van der Waals surface area contributed by atoms with Crippen LogP contribution in [0.5, 0.6) is 17.4 Å². The number of ether oxygens (including phenoxy) is 2. The molecule has 126 valence electrons. The molecule has 6 nitrogen and oxygen atoms in total. The Morgan fingerprint density at radius 2 is 2.00 bits per heavy atom. The second-order valence-electron chi connectivity index (χ2n) is 5.47. The Hall–Kier alpha value is -2.76. The molecule has 2 heterocycles. The van der Waals surface area contributed by atoms with Crippen LogP contribution in [-0.2, 0) is 6.54 Å². The third kappa shape index (κ3) is 3.95. The van der Waals surface area contributed by atoms with Crippen LogP contribution in [0.15, 0.2) is 47.6 Å². The molecule has 0 saturated carbocycles. The van der Waals surface area contributed by atoms with E-state index in [1.54, 1.807) is 6.20 Å². The molecule has 3 rings (SSSR count). The molecular formula is C18H22N4O2. The molecule has 1 aliphatic rings. The normalized spacial score (nSPS) is 13.6. The topological polar surface area (TPSA) is 59.0 Å². The number of nitrogens with zero attached hydrogens (tertiary/aromatic N) is 3. The first-order chi connectivity index (χ1) is 11.8. The van der Waals surface area contributed by atoms with E-state index in [2.05, 4.69) is 20.2 Å². The van der Waals surface area contributed by atoms with Crippen molar-refractivity contribution in [1.29, 1.82) is 0 Å². The molecule has 0 fully saturated rings. The van der Waals surface area contributed by atoms with Gasteiger partial charge >= 0.3 is 0 Å². The largest absolute Gasteiger partial charge is 0.490 e. The number of nitrogens with one attached hydrogen (secondary N) is 1. The van der Waals surface area contributed by atoms with E-state index in [0.29, 0.717) is 24.8 Å². The maximum atomic E-state index is 5.82. The molecule has 0 spiro atoms. The van der Waals surface area contributed by atoms with E-state index in [1.165, 1.54) is 0 Å². The van der Waals surface area contributed by atoms with Crippen molar-refractivity contribution >= 4 is 5.96 Å². The molecule has 24 heavy (non-hydrogen) atoms. The standard InChI is InChI=1S/C18H22N4O2/c1-3-23-15-6-4-5-7-16(15)24-17-9-8-14(12-20-17)13-21-18-19-10-11-22(18)2/h4-9,12H,3,10-11,13H2,1-2H3,(H,19,21). The van der Waals surface area contributed by atoms with Gasteiger partial charge in [0, 0.05) is 32.4 Å². The molecule has 2 aromatic rings. The van der Waals surface area contributed by atoms with Gasteiger partial charge in [0.2, 0.25) is 5.88 Å². The zero-order valence-electron chi connectivity index (χ0n) is 14.0. The van der Waals surface area contributed by atoms with E-state index in [4.69, 9.17) is 9.47 Å². The SMILES string of the molecule is CCOc1ccccc1Oc1ccc(CNC2=NCCN2C)cn1. The van der Waals surface area contributed by atoms with E-state index in [1.807, 2.05) is 50.4 Å². The molecule has 0 unspecified atom stereocenters. The highest BCUT2D eigenvalue weighted by Gasteiger charge is 2.11. The molecule has 0 saturated heterocycles. The van der Waals surface area contributed by atoms with Crippen molar-refractivity contribution < 1.29 is 9.47 Å². The maximum absolute atomic E-state index is 5.82. The lowest BCUT2D eigenvalue weighted by Crippen LogP contribution is -2.35. The quantitative estimate of drug-likeness (QED) is 0.884. The van der Waals surface area contributed by atoms with Crippen LogP contribution in [-0.4, -0.2) is 42.6 Å². The Labute approximate surface area is 142 Å². The number of likely N-dealkylation sites (N-methyl/N-ethyl adjacent to an activating group) is 1. The van der Waals surface area contributed by atoms with Crippen LogP contribution in [0.3, 0.4) is 0 Å². The summed E-state index contributed by atoms with van der Waals surface area (Å²) in [5.41, 5.74) is 1.07. The van der Waals surface area contributed by atoms with Gasteiger partial charge in [0.05, 0.1) is 13.2 Å². The minimum absolute atomic E-state index is 0.543. The minimum atomic E-state index is 0.543. The molecule has 0 atom stereocenters. The highest BCUT2D eigenvalue weighted by atomic mass is 16.5. The Balaban J connectivity index is 1.60. The predicted molar refractivity (Wildman–Crippen MR) is 93.7 cm³/mol. The van der Waals surface area contributed by atoms with E-state index in [0.717, 1.165) is 30.4 Å². The van der Waals surface area contributed by atoms with Gasteiger partial charge in [-0.25, -0.2) is 4.98 Å². The van der Waals surface area contributed by atoms with Crippen LogP contribution in [0.25, 0.3) is 0 Å². The highest BCUT2D eigenvalue weighted by molar-refractivity contribution is 5.81. The zero-order valence-corrected chi connectivity index (χ0v) is 14.0. The van der Waals surface area contributed by atoms with Crippen LogP contribution >= 0.6 is 0 Å². The Morgan fingerprint density at radius 3 is 2.67 bits per heavy atom. The summed E-state index contributed by atoms with van der Waals surface area (Å²) >= 11 is 0. The molecule has 0 aliphatic carbocycles. The Kier molecular flexibility index (Phi) is 5.15. The van der Waals surface area contributed by atoms with Crippen LogP contribution in [0, 0.1) is 0 Å². The van der Waals surface area contributed by atoms with Crippen LogP contribution < -0.4 is 14.8 Å². The smallest absolute Gasteiger partial charge is 0.219 e. The average Bonchev–Trinajstić information content (AvgIpc) is 3.01. The molecule has 1 N–H and O–H groups in total. The monoisotopic (exact) mass is 326 g/mol. The van der Waals surface area contributed by atoms with E-state index in [9.17, 15) is 0 Å². The average molecular weight is 326 g/mol. The van der Waals surface area contributed by atoms with Crippen molar-refractivity contribution in [3.05, 3.63) is 48.2 Å². The van der Waals surface area contributed by atoms with Crippen molar-refractivity contribution in [2.24, 2.45) is 4.99 Å². The molecule has 0 bridgehead atoms. The zero-order chi connectivity index (χ0) is 16.8. The van der Waals surface area contributed by atoms with Gasteiger partial charge in [-0.2, -0.15) is 0 Å².